The summed E-state index contributed by atoms with van der Waals surface area (Å²) in [5.41, 5.74) is -0.0754. The minimum atomic E-state index is -4.49. The highest BCUT2D eigenvalue weighted by molar-refractivity contribution is 6.06. The van der Waals surface area contributed by atoms with E-state index >= 15 is 0 Å². The zero-order valence-electron chi connectivity index (χ0n) is 13.1. The number of alkyl halides is 3. The maximum Gasteiger partial charge on any atom is 0.406 e. The maximum absolute atomic E-state index is 13.0. The normalized spacial score (nSPS) is 16.2. The number of carbonyl (C=O) groups excluding carboxylic acids is 1. The number of aromatic amines is 1. The molecule has 1 aliphatic carbocycles. The fourth-order valence-corrected chi connectivity index (χ4v) is 2.96. The first-order valence-electron chi connectivity index (χ1n) is 7.76. The molecule has 0 unspecified atom stereocenters. The zero-order chi connectivity index (χ0) is 17.5. The van der Waals surface area contributed by atoms with E-state index in [4.69, 9.17) is 0 Å². The second-order valence-electron chi connectivity index (χ2n) is 6.22. The van der Waals surface area contributed by atoms with E-state index in [1.165, 1.54) is 0 Å². The van der Waals surface area contributed by atoms with Crippen molar-refractivity contribution in [2.75, 3.05) is 6.54 Å². The number of aromatic nitrogens is 1. The summed E-state index contributed by atoms with van der Waals surface area (Å²) < 4.78 is 38.9. The second kappa shape index (κ2) is 5.96. The molecule has 1 aliphatic rings. The Balaban J connectivity index is 2.05. The molecule has 1 aromatic carbocycles. The van der Waals surface area contributed by atoms with Gasteiger partial charge in [-0.05, 0) is 31.7 Å². The highest BCUT2D eigenvalue weighted by Crippen LogP contribution is 2.37. The van der Waals surface area contributed by atoms with Gasteiger partial charge in [0.2, 0.25) is 5.56 Å². The van der Waals surface area contributed by atoms with E-state index in [2.05, 4.69) is 4.98 Å². The Bertz CT molecular complexity index is 824. The lowest BCUT2D eigenvalue weighted by atomic mass is 10.1. The molecule has 1 fully saturated rings. The molecule has 0 saturated heterocycles. The lowest BCUT2D eigenvalue weighted by Gasteiger charge is -2.30. The van der Waals surface area contributed by atoms with Crippen molar-refractivity contribution in [2.45, 2.75) is 32.0 Å². The van der Waals surface area contributed by atoms with Gasteiger partial charge in [-0.3, -0.25) is 9.59 Å². The molecule has 1 atom stereocenters. The Hall–Kier alpha value is -2.31. The molecular formula is C17H17F3N2O2. The summed E-state index contributed by atoms with van der Waals surface area (Å²) in [6, 6.07) is 7.16. The summed E-state index contributed by atoms with van der Waals surface area (Å²) in [6.07, 6.45) is -2.85. The molecule has 0 aliphatic heterocycles. The standard InChI is InChI=1S/C17H17F3N2O2/c1-10(11-6-7-11)22(9-17(18,19)20)16(24)13-8-15(23)21-14-5-3-2-4-12(13)14/h2-5,8,10-11H,6-7,9H2,1H3,(H,21,23)/t10-/m0/s1. The number of amides is 1. The summed E-state index contributed by atoms with van der Waals surface area (Å²) in [7, 11) is 0. The number of nitrogens with one attached hydrogen (secondary N) is 1. The Labute approximate surface area is 136 Å². The van der Waals surface area contributed by atoms with Crippen LogP contribution in [0.5, 0.6) is 0 Å². The number of H-pyrrole nitrogens is 1. The van der Waals surface area contributed by atoms with Crippen molar-refractivity contribution in [2.24, 2.45) is 5.92 Å². The van der Waals surface area contributed by atoms with Gasteiger partial charge in [0.15, 0.2) is 0 Å². The summed E-state index contributed by atoms with van der Waals surface area (Å²) in [5.74, 6) is -0.668. The number of carbonyl (C=O) groups is 1. The van der Waals surface area contributed by atoms with Crippen molar-refractivity contribution in [3.63, 3.8) is 0 Å². The molecule has 1 saturated carbocycles. The molecule has 0 spiro atoms. The molecule has 24 heavy (non-hydrogen) atoms. The van der Waals surface area contributed by atoms with E-state index in [0.717, 1.165) is 23.8 Å². The highest BCUT2D eigenvalue weighted by Gasteiger charge is 2.41. The van der Waals surface area contributed by atoms with E-state index < -0.39 is 30.2 Å². The summed E-state index contributed by atoms with van der Waals surface area (Å²) in [6.45, 7) is 0.321. The van der Waals surface area contributed by atoms with E-state index in [1.54, 1.807) is 31.2 Å². The van der Waals surface area contributed by atoms with Crippen LogP contribution in [-0.2, 0) is 0 Å². The quantitative estimate of drug-likeness (QED) is 0.930. The van der Waals surface area contributed by atoms with Crippen LogP contribution in [0.25, 0.3) is 10.9 Å². The van der Waals surface area contributed by atoms with Gasteiger partial charge < -0.3 is 9.88 Å². The molecule has 1 amide bonds. The Morgan fingerprint density at radius 1 is 1.33 bits per heavy atom. The molecule has 0 bridgehead atoms. The molecular weight excluding hydrogens is 321 g/mol. The van der Waals surface area contributed by atoms with E-state index in [0.29, 0.717) is 10.9 Å². The Morgan fingerprint density at radius 2 is 2.00 bits per heavy atom. The van der Waals surface area contributed by atoms with Gasteiger partial charge in [-0.1, -0.05) is 18.2 Å². The predicted octanol–water partition coefficient (Wildman–Crippen LogP) is 3.33. The van der Waals surface area contributed by atoms with Gasteiger partial charge in [-0.2, -0.15) is 13.2 Å². The van der Waals surface area contributed by atoms with Crippen LogP contribution in [0.15, 0.2) is 35.1 Å². The number of para-hydroxylation sites is 1. The molecule has 1 heterocycles. The number of hydrogen-bond donors (Lipinski definition) is 1. The molecule has 7 heteroatoms. The van der Waals surface area contributed by atoms with Crippen molar-refractivity contribution < 1.29 is 18.0 Å². The van der Waals surface area contributed by atoms with Crippen LogP contribution in [0.4, 0.5) is 13.2 Å². The van der Waals surface area contributed by atoms with Crippen LogP contribution in [0.1, 0.15) is 30.1 Å². The molecule has 0 radical (unpaired) electrons. The number of benzene rings is 1. The number of hydrogen-bond acceptors (Lipinski definition) is 2. The number of nitrogens with zero attached hydrogens (tertiary/aromatic N) is 1. The van der Waals surface area contributed by atoms with Crippen molar-refractivity contribution >= 4 is 16.8 Å². The molecule has 3 rings (SSSR count). The van der Waals surface area contributed by atoms with Crippen molar-refractivity contribution in [3.05, 3.63) is 46.2 Å². The average Bonchev–Trinajstić information content (AvgIpc) is 3.34. The first kappa shape index (κ1) is 16.5. The van der Waals surface area contributed by atoms with Crippen molar-refractivity contribution in [1.29, 1.82) is 0 Å². The number of halogens is 3. The molecule has 2 aromatic rings. The topological polar surface area (TPSA) is 53.2 Å². The fourth-order valence-electron chi connectivity index (χ4n) is 2.96. The summed E-state index contributed by atoms with van der Waals surface area (Å²) in [4.78, 5) is 28.1. The monoisotopic (exact) mass is 338 g/mol. The van der Waals surface area contributed by atoms with Gasteiger partial charge in [0.05, 0.1) is 5.56 Å². The van der Waals surface area contributed by atoms with Gasteiger partial charge in [-0.25, -0.2) is 0 Å². The molecule has 4 nitrogen and oxygen atoms in total. The maximum atomic E-state index is 13.0. The van der Waals surface area contributed by atoms with Gasteiger partial charge in [-0.15, -0.1) is 0 Å². The van der Waals surface area contributed by atoms with Crippen LogP contribution >= 0.6 is 0 Å². The van der Waals surface area contributed by atoms with E-state index in [1.807, 2.05) is 0 Å². The van der Waals surface area contributed by atoms with Gasteiger partial charge in [0.25, 0.3) is 5.91 Å². The highest BCUT2D eigenvalue weighted by atomic mass is 19.4. The largest absolute Gasteiger partial charge is 0.406 e. The second-order valence-corrected chi connectivity index (χ2v) is 6.22. The minimum absolute atomic E-state index is 0.00565. The van der Waals surface area contributed by atoms with Gasteiger partial charge in [0, 0.05) is 23.0 Å². The average molecular weight is 338 g/mol. The SMILES string of the molecule is C[C@@H](C1CC1)N(CC(F)(F)F)C(=O)c1cc(=O)[nH]c2ccccc12. The molecule has 1 N–H and O–H groups in total. The zero-order valence-corrected chi connectivity index (χ0v) is 13.1. The third-order valence-corrected chi connectivity index (χ3v) is 4.39. The van der Waals surface area contributed by atoms with Gasteiger partial charge in [0.1, 0.15) is 6.54 Å². The third-order valence-electron chi connectivity index (χ3n) is 4.39. The Kier molecular flexibility index (Phi) is 4.11. The Morgan fingerprint density at radius 3 is 2.62 bits per heavy atom. The minimum Gasteiger partial charge on any atom is -0.327 e. The number of pyridine rings is 1. The first-order chi connectivity index (χ1) is 11.3. The fraction of sp³-hybridized carbons (Fsp3) is 0.412. The van der Waals surface area contributed by atoms with E-state index in [9.17, 15) is 22.8 Å². The van der Waals surface area contributed by atoms with Gasteiger partial charge >= 0.3 is 6.18 Å². The lowest BCUT2D eigenvalue weighted by molar-refractivity contribution is -0.144. The lowest BCUT2D eigenvalue weighted by Crippen LogP contribution is -2.45. The van der Waals surface area contributed by atoms with Crippen molar-refractivity contribution in [1.82, 2.24) is 9.88 Å². The number of rotatable bonds is 4. The molecule has 128 valence electrons. The molecule has 1 aromatic heterocycles. The van der Waals surface area contributed by atoms with Crippen LogP contribution < -0.4 is 5.56 Å². The predicted molar refractivity (Wildman–Crippen MR) is 83.8 cm³/mol. The van der Waals surface area contributed by atoms with Crippen LogP contribution in [0.2, 0.25) is 0 Å². The van der Waals surface area contributed by atoms with Crippen LogP contribution in [0, 0.1) is 5.92 Å². The smallest absolute Gasteiger partial charge is 0.327 e. The summed E-state index contributed by atoms with van der Waals surface area (Å²) >= 11 is 0. The summed E-state index contributed by atoms with van der Waals surface area (Å²) in [5, 5.41) is 0.442. The van der Waals surface area contributed by atoms with Crippen LogP contribution in [-0.4, -0.2) is 34.6 Å². The van der Waals surface area contributed by atoms with Crippen molar-refractivity contribution in [3.8, 4) is 0 Å². The third kappa shape index (κ3) is 3.44. The first-order valence-corrected chi connectivity index (χ1v) is 7.76. The van der Waals surface area contributed by atoms with Crippen LogP contribution in [0.3, 0.4) is 0 Å². The number of fused-ring (bicyclic) bond motifs is 1. The van der Waals surface area contributed by atoms with E-state index in [-0.39, 0.29) is 11.5 Å².